The molecular weight excluding hydrogens is 420 g/mol. The molecule has 0 fully saturated rings. The summed E-state index contributed by atoms with van der Waals surface area (Å²) in [4.78, 5) is 32.7. The van der Waals surface area contributed by atoms with Gasteiger partial charge in [0.2, 0.25) is 5.91 Å². The summed E-state index contributed by atoms with van der Waals surface area (Å²) in [6, 6.07) is 17.2. The zero-order chi connectivity index (χ0) is 23.4. The molecule has 6 N–H and O–H groups in total. The number of hydrogen-bond donors (Lipinski definition) is 4. The van der Waals surface area contributed by atoms with Crippen molar-refractivity contribution in [2.24, 2.45) is 5.73 Å². The number of amides is 2. The number of carbonyl (C=O) groups is 2. The highest BCUT2D eigenvalue weighted by Gasteiger charge is 2.09. The standard InChI is InChI=1S/C24H22N6O3/c1-33-17-7-9-19(18(25)11-17)30-24(32)15-4-2-14(3-5-15)12-28-22-13-27-20-8-6-16(23(26)31)10-21(20)29-22/h2-11,13H,12,25H2,1H3,(H2,26,31)(H,28,29)(H,30,32). The number of nitrogen functional groups attached to an aromatic ring is 1. The average molecular weight is 442 g/mol. The first-order chi connectivity index (χ1) is 15.9. The molecule has 0 bridgehead atoms. The molecular formula is C24H22N6O3. The smallest absolute Gasteiger partial charge is 0.255 e. The van der Waals surface area contributed by atoms with Crippen molar-refractivity contribution < 1.29 is 14.3 Å². The van der Waals surface area contributed by atoms with Crippen LogP contribution in [0.15, 0.2) is 66.9 Å². The summed E-state index contributed by atoms with van der Waals surface area (Å²) in [5.74, 6) is 0.389. The second kappa shape index (κ2) is 9.23. The quantitative estimate of drug-likeness (QED) is 0.322. The number of nitrogens with zero attached hydrogens (tertiary/aromatic N) is 2. The molecule has 1 aromatic heterocycles. The maximum absolute atomic E-state index is 12.5. The summed E-state index contributed by atoms with van der Waals surface area (Å²) in [5.41, 5.74) is 15.3. The predicted octanol–water partition coefficient (Wildman–Crippen LogP) is 3.18. The molecule has 0 aliphatic rings. The summed E-state index contributed by atoms with van der Waals surface area (Å²) in [7, 11) is 1.55. The number of rotatable bonds is 7. The highest BCUT2D eigenvalue weighted by Crippen LogP contribution is 2.24. The van der Waals surface area contributed by atoms with E-state index < -0.39 is 5.91 Å². The highest BCUT2D eigenvalue weighted by atomic mass is 16.5. The molecule has 3 aromatic carbocycles. The number of carbonyl (C=O) groups excluding carboxylic acids is 2. The van der Waals surface area contributed by atoms with Crippen LogP contribution in [-0.4, -0.2) is 28.9 Å². The molecule has 0 unspecified atom stereocenters. The van der Waals surface area contributed by atoms with Crippen molar-refractivity contribution in [1.82, 2.24) is 9.97 Å². The number of aromatic nitrogens is 2. The van der Waals surface area contributed by atoms with Gasteiger partial charge in [-0.05, 0) is 48.0 Å². The Kier molecular flexibility index (Phi) is 6.03. The number of methoxy groups -OCH3 is 1. The van der Waals surface area contributed by atoms with E-state index in [0.717, 1.165) is 5.56 Å². The number of anilines is 3. The van der Waals surface area contributed by atoms with Gasteiger partial charge in [-0.3, -0.25) is 14.6 Å². The minimum Gasteiger partial charge on any atom is -0.497 e. The van der Waals surface area contributed by atoms with Crippen LogP contribution in [0.1, 0.15) is 26.3 Å². The van der Waals surface area contributed by atoms with Gasteiger partial charge in [0.15, 0.2) is 0 Å². The zero-order valence-electron chi connectivity index (χ0n) is 17.8. The van der Waals surface area contributed by atoms with Crippen molar-refractivity contribution in [3.63, 3.8) is 0 Å². The summed E-state index contributed by atoms with van der Waals surface area (Å²) in [6.45, 7) is 0.475. The summed E-state index contributed by atoms with van der Waals surface area (Å²) >= 11 is 0. The van der Waals surface area contributed by atoms with Crippen LogP contribution in [0.2, 0.25) is 0 Å². The Morgan fingerprint density at radius 3 is 2.42 bits per heavy atom. The Balaban J connectivity index is 1.40. The number of nitrogens with two attached hydrogens (primary N) is 2. The Hall–Kier alpha value is -4.66. The monoisotopic (exact) mass is 442 g/mol. The molecule has 9 heteroatoms. The van der Waals surface area contributed by atoms with E-state index in [0.29, 0.717) is 51.6 Å². The molecule has 0 saturated heterocycles. The number of nitrogens with one attached hydrogen (secondary N) is 2. The normalized spacial score (nSPS) is 10.6. The number of hydrogen-bond acceptors (Lipinski definition) is 7. The fraction of sp³-hybridized carbons (Fsp3) is 0.0833. The molecule has 0 saturated carbocycles. The highest BCUT2D eigenvalue weighted by molar-refractivity contribution is 6.05. The molecule has 166 valence electrons. The SMILES string of the molecule is COc1ccc(NC(=O)c2ccc(CNc3cnc4ccc(C(N)=O)cc4n3)cc2)c(N)c1. The minimum atomic E-state index is -0.518. The number of benzene rings is 3. The first-order valence-corrected chi connectivity index (χ1v) is 10.1. The van der Waals surface area contributed by atoms with Gasteiger partial charge in [0.05, 0.1) is 35.7 Å². The molecule has 4 aromatic rings. The molecule has 2 amide bonds. The molecule has 4 rings (SSSR count). The molecule has 0 spiro atoms. The summed E-state index contributed by atoms with van der Waals surface area (Å²) in [5, 5.41) is 5.99. The lowest BCUT2D eigenvalue weighted by Gasteiger charge is -2.10. The Morgan fingerprint density at radius 1 is 0.970 bits per heavy atom. The molecule has 0 radical (unpaired) electrons. The van der Waals surface area contributed by atoms with Gasteiger partial charge in [0.1, 0.15) is 11.6 Å². The largest absolute Gasteiger partial charge is 0.497 e. The van der Waals surface area contributed by atoms with Gasteiger partial charge in [-0.25, -0.2) is 4.98 Å². The summed E-state index contributed by atoms with van der Waals surface area (Å²) in [6.07, 6.45) is 1.62. The van der Waals surface area contributed by atoms with Crippen LogP contribution >= 0.6 is 0 Å². The first kappa shape index (κ1) is 21.6. The molecule has 1 heterocycles. The van der Waals surface area contributed by atoms with E-state index in [-0.39, 0.29) is 5.91 Å². The van der Waals surface area contributed by atoms with Gasteiger partial charge < -0.3 is 26.8 Å². The van der Waals surface area contributed by atoms with E-state index in [1.807, 2.05) is 12.1 Å². The van der Waals surface area contributed by atoms with Crippen LogP contribution in [0.4, 0.5) is 17.2 Å². The van der Waals surface area contributed by atoms with Crippen molar-refractivity contribution in [3.05, 3.63) is 83.6 Å². The minimum absolute atomic E-state index is 0.267. The Bertz CT molecular complexity index is 1340. The van der Waals surface area contributed by atoms with Gasteiger partial charge in [0, 0.05) is 23.7 Å². The molecule has 33 heavy (non-hydrogen) atoms. The van der Waals surface area contributed by atoms with Crippen molar-refractivity contribution in [3.8, 4) is 5.75 Å². The molecule has 0 aliphatic carbocycles. The lowest BCUT2D eigenvalue weighted by Crippen LogP contribution is -2.13. The van der Waals surface area contributed by atoms with Crippen LogP contribution in [0.5, 0.6) is 5.75 Å². The molecule has 0 aliphatic heterocycles. The van der Waals surface area contributed by atoms with Crippen LogP contribution in [-0.2, 0) is 6.54 Å². The molecule has 9 nitrogen and oxygen atoms in total. The fourth-order valence-corrected chi connectivity index (χ4v) is 3.19. The van der Waals surface area contributed by atoms with Crippen LogP contribution in [0, 0.1) is 0 Å². The third kappa shape index (κ3) is 4.99. The lowest BCUT2D eigenvalue weighted by atomic mass is 10.1. The zero-order valence-corrected chi connectivity index (χ0v) is 17.8. The molecule has 0 atom stereocenters. The van der Waals surface area contributed by atoms with Crippen molar-refractivity contribution >= 4 is 40.0 Å². The fourth-order valence-electron chi connectivity index (χ4n) is 3.19. The van der Waals surface area contributed by atoms with Gasteiger partial charge in [-0.2, -0.15) is 0 Å². The van der Waals surface area contributed by atoms with E-state index in [1.165, 1.54) is 0 Å². The number of fused-ring (bicyclic) bond motifs is 1. The number of ether oxygens (including phenoxy) is 1. The lowest BCUT2D eigenvalue weighted by molar-refractivity contribution is 0.0997. The third-order valence-corrected chi connectivity index (χ3v) is 5.02. The topological polar surface area (TPSA) is 145 Å². The second-order valence-electron chi connectivity index (χ2n) is 7.28. The van der Waals surface area contributed by atoms with Crippen LogP contribution in [0.25, 0.3) is 11.0 Å². The van der Waals surface area contributed by atoms with Crippen LogP contribution in [0.3, 0.4) is 0 Å². The van der Waals surface area contributed by atoms with Gasteiger partial charge in [-0.1, -0.05) is 12.1 Å². The van der Waals surface area contributed by atoms with E-state index in [9.17, 15) is 9.59 Å². The third-order valence-electron chi connectivity index (χ3n) is 5.02. The van der Waals surface area contributed by atoms with Gasteiger partial charge >= 0.3 is 0 Å². The van der Waals surface area contributed by atoms with Crippen molar-refractivity contribution in [2.75, 3.05) is 23.5 Å². The van der Waals surface area contributed by atoms with E-state index in [2.05, 4.69) is 20.6 Å². The second-order valence-corrected chi connectivity index (χ2v) is 7.28. The summed E-state index contributed by atoms with van der Waals surface area (Å²) < 4.78 is 5.12. The van der Waals surface area contributed by atoms with Gasteiger partial charge in [-0.15, -0.1) is 0 Å². The van der Waals surface area contributed by atoms with Gasteiger partial charge in [0.25, 0.3) is 5.91 Å². The van der Waals surface area contributed by atoms with Crippen LogP contribution < -0.4 is 26.8 Å². The Morgan fingerprint density at radius 2 is 1.73 bits per heavy atom. The maximum atomic E-state index is 12.5. The van der Waals surface area contributed by atoms with E-state index >= 15 is 0 Å². The van der Waals surface area contributed by atoms with E-state index in [1.54, 1.807) is 61.8 Å². The maximum Gasteiger partial charge on any atom is 0.255 e. The first-order valence-electron chi connectivity index (χ1n) is 10.1. The van der Waals surface area contributed by atoms with E-state index in [4.69, 9.17) is 16.2 Å². The Labute approximate surface area is 189 Å². The average Bonchev–Trinajstić information content (AvgIpc) is 2.83. The predicted molar refractivity (Wildman–Crippen MR) is 127 cm³/mol. The van der Waals surface area contributed by atoms with Crippen molar-refractivity contribution in [1.29, 1.82) is 0 Å². The van der Waals surface area contributed by atoms with Crippen molar-refractivity contribution in [2.45, 2.75) is 6.54 Å². The number of primary amides is 1.